The second-order valence-electron chi connectivity index (χ2n) is 5.73. The highest BCUT2D eigenvalue weighted by molar-refractivity contribution is 8.19. The lowest BCUT2D eigenvalue weighted by Gasteiger charge is -2.11. The van der Waals surface area contributed by atoms with Crippen LogP contribution in [0.25, 0.3) is 6.08 Å². The van der Waals surface area contributed by atoms with Crippen LogP contribution in [0.1, 0.15) is 18.1 Å². The van der Waals surface area contributed by atoms with Crippen molar-refractivity contribution in [2.45, 2.75) is 18.7 Å². The molecule has 0 unspecified atom stereocenters. The van der Waals surface area contributed by atoms with Crippen molar-refractivity contribution >= 4 is 38.9 Å². The fraction of sp³-hybridized carbons (Fsp3) is 0.158. The number of rotatable bonds is 4. The molecule has 1 aliphatic heterocycles. The third kappa shape index (κ3) is 3.89. The largest absolute Gasteiger partial charge is 0.286 e. The number of benzene rings is 2. The minimum Gasteiger partial charge on any atom is -0.286 e. The van der Waals surface area contributed by atoms with E-state index in [1.165, 1.54) is 17.0 Å². The van der Waals surface area contributed by atoms with Gasteiger partial charge >= 0.3 is 0 Å². The second-order valence-corrected chi connectivity index (χ2v) is 8.35. The molecule has 0 N–H and O–H groups in total. The van der Waals surface area contributed by atoms with E-state index < -0.39 is 10.0 Å². The Morgan fingerprint density at radius 2 is 1.73 bits per heavy atom. The molecular formula is C19H18N2O3S2. The van der Waals surface area contributed by atoms with Gasteiger partial charge in [0.25, 0.3) is 15.9 Å². The number of amidine groups is 1. The van der Waals surface area contributed by atoms with Crippen LogP contribution in [0.4, 0.5) is 0 Å². The Labute approximate surface area is 157 Å². The van der Waals surface area contributed by atoms with Gasteiger partial charge in [-0.2, -0.15) is 8.42 Å². The van der Waals surface area contributed by atoms with E-state index in [2.05, 4.69) is 4.40 Å². The fourth-order valence-corrected chi connectivity index (χ4v) is 4.67. The Morgan fingerprint density at radius 1 is 1.08 bits per heavy atom. The molecule has 2 aromatic rings. The number of sulfonamides is 1. The Hall–Kier alpha value is -2.38. The van der Waals surface area contributed by atoms with Crippen LogP contribution < -0.4 is 0 Å². The summed E-state index contributed by atoms with van der Waals surface area (Å²) in [6.45, 7) is 4.02. The van der Waals surface area contributed by atoms with Gasteiger partial charge < -0.3 is 0 Å². The first-order valence-electron chi connectivity index (χ1n) is 8.09. The van der Waals surface area contributed by atoms with E-state index in [0.717, 1.165) is 22.9 Å². The van der Waals surface area contributed by atoms with Gasteiger partial charge in [0.2, 0.25) is 0 Å². The number of carbonyl (C=O) groups is 1. The van der Waals surface area contributed by atoms with E-state index in [1.54, 1.807) is 25.1 Å². The molecule has 0 saturated carbocycles. The van der Waals surface area contributed by atoms with Crippen molar-refractivity contribution in [1.29, 1.82) is 0 Å². The zero-order valence-corrected chi connectivity index (χ0v) is 16.0. The topological polar surface area (TPSA) is 66.8 Å². The number of hydrogen-bond donors (Lipinski definition) is 0. The van der Waals surface area contributed by atoms with E-state index in [-0.39, 0.29) is 16.0 Å². The number of carbonyl (C=O) groups excluding carboxylic acids is 1. The summed E-state index contributed by atoms with van der Waals surface area (Å²) >= 11 is 1.08. The first-order chi connectivity index (χ1) is 12.4. The Balaban J connectivity index is 1.96. The van der Waals surface area contributed by atoms with Crippen molar-refractivity contribution < 1.29 is 13.2 Å². The molecule has 1 amide bonds. The third-order valence-corrected chi connectivity index (χ3v) is 6.22. The predicted molar refractivity (Wildman–Crippen MR) is 105 cm³/mol. The van der Waals surface area contributed by atoms with Crippen LogP contribution in [0.3, 0.4) is 0 Å². The minimum absolute atomic E-state index is 0.111. The van der Waals surface area contributed by atoms with Gasteiger partial charge in [-0.25, -0.2) is 0 Å². The van der Waals surface area contributed by atoms with Gasteiger partial charge in [-0.3, -0.25) is 9.69 Å². The first-order valence-corrected chi connectivity index (χ1v) is 10.3. The van der Waals surface area contributed by atoms with Gasteiger partial charge in [-0.05, 0) is 49.4 Å². The molecule has 1 saturated heterocycles. The third-order valence-electron chi connectivity index (χ3n) is 3.82. The summed E-state index contributed by atoms with van der Waals surface area (Å²) in [7, 11) is -3.88. The van der Waals surface area contributed by atoms with E-state index >= 15 is 0 Å². The normalized spacial score (nSPS) is 18.1. The summed E-state index contributed by atoms with van der Waals surface area (Å²) in [5.74, 6) is -0.237. The van der Waals surface area contributed by atoms with Crippen LogP contribution >= 0.6 is 11.8 Å². The molecule has 5 nitrogen and oxygen atoms in total. The van der Waals surface area contributed by atoms with Gasteiger partial charge in [0.15, 0.2) is 5.17 Å². The van der Waals surface area contributed by atoms with Gasteiger partial charge in [0, 0.05) is 6.54 Å². The molecule has 134 valence electrons. The van der Waals surface area contributed by atoms with Crippen LogP contribution in [0, 0.1) is 6.92 Å². The number of amides is 1. The summed E-state index contributed by atoms with van der Waals surface area (Å²) in [4.78, 5) is 14.5. The van der Waals surface area contributed by atoms with Crippen molar-refractivity contribution in [2.75, 3.05) is 6.54 Å². The van der Waals surface area contributed by atoms with Crippen LogP contribution in [0.2, 0.25) is 0 Å². The molecule has 7 heteroatoms. The zero-order valence-electron chi connectivity index (χ0n) is 14.4. The molecule has 0 spiro atoms. The lowest BCUT2D eigenvalue weighted by Crippen LogP contribution is -2.29. The SMILES string of the molecule is CCN1C(=O)/C(=C/c2ccccc2)S/C1=N/S(=O)(=O)c1ccc(C)cc1. The van der Waals surface area contributed by atoms with E-state index in [0.29, 0.717) is 11.4 Å². The van der Waals surface area contributed by atoms with Gasteiger partial charge in [-0.1, -0.05) is 48.0 Å². The minimum atomic E-state index is -3.88. The highest BCUT2D eigenvalue weighted by atomic mass is 32.2. The van der Waals surface area contributed by atoms with Crippen LogP contribution in [0.15, 0.2) is 68.8 Å². The maximum absolute atomic E-state index is 12.6. The van der Waals surface area contributed by atoms with Gasteiger partial charge in [0.1, 0.15) is 0 Å². The van der Waals surface area contributed by atoms with Crippen molar-refractivity contribution in [2.24, 2.45) is 4.40 Å². The van der Waals surface area contributed by atoms with Crippen molar-refractivity contribution in [3.05, 3.63) is 70.6 Å². The lowest BCUT2D eigenvalue weighted by atomic mass is 10.2. The molecule has 3 rings (SSSR count). The quantitative estimate of drug-likeness (QED) is 0.752. The van der Waals surface area contributed by atoms with E-state index in [9.17, 15) is 13.2 Å². The molecule has 0 aromatic heterocycles. The van der Waals surface area contributed by atoms with Crippen molar-refractivity contribution in [1.82, 2.24) is 4.90 Å². The average molecular weight is 386 g/mol. The highest BCUT2D eigenvalue weighted by Crippen LogP contribution is 2.33. The zero-order chi connectivity index (χ0) is 18.7. The van der Waals surface area contributed by atoms with Gasteiger partial charge in [0.05, 0.1) is 9.80 Å². The summed E-state index contributed by atoms with van der Waals surface area (Å²) < 4.78 is 29.1. The predicted octanol–water partition coefficient (Wildman–Crippen LogP) is 3.68. The molecule has 0 aliphatic carbocycles. The molecular weight excluding hydrogens is 368 g/mol. The number of nitrogens with zero attached hydrogens (tertiary/aromatic N) is 2. The van der Waals surface area contributed by atoms with Crippen molar-refractivity contribution in [3.8, 4) is 0 Å². The molecule has 0 atom stereocenters. The summed E-state index contributed by atoms with van der Waals surface area (Å²) in [6.07, 6.45) is 1.75. The monoisotopic (exact) mass is 386 g/mol. The number of thioether (sulfide) groups is 1. The number of hydrogen-bond acceptors (Lipinski definition) is 4. The number of aryl methyl sites for hydroxylation is 1. The maximum Gasteiger partial charge on any atom is 0.284 e. The highest BCUT2D eigenvalue weighted by Gasteiger charge is 2.33. The standard InChI is InChI=1S/C19H18N2O3S2/c1-3-21-18(22)17(13-15-7-5-4-6-8-15)25-19(21)20-26(23,24)16-11-9-14(2)10-12-16/h4-13H,3H2,1-2H3/b17-13-,20-19+. The Morgan fingerprint density at radius 3 is 2.35 bits per heavy atom. The molecule has 2 aromatic carbocycles. The fourth-order valence-electron chi connectivity index (χ4n) is 2.42. The maximum atomic E-state index is 12.6. The molecule has 0 radical (unpaired) electrons. The summed E-state index contributed by atoms with van der Waals surface area (Å²) in [6, 6.07) is 15.9. The van der Waals surface area contributed by atoms with Crippen LogP contribution in [-0.4, -0.2) is 30.9 Å². The van der Waals surface area contributed by atoms with E-state index in [4.69, 9.17) is 0 Å². The Bertz CT molecular complexity index is 979. The summed E-state index contributed by atoms with van der Waals surface area (Å²) in [5, 5.41) is 0.181. The van der Waals surface area contributed by atoms with Gasteiger partial charge in [-0.15, -0.1) is 4.40 Å². The van der Waals surface area contributed by atoms with E-state index in [1.807, 2.05) is 37.3 Å². The summed E-state index contributed by atoms with van der Waals surface area (Å²) in [5.41, 5.74) is 1.84. The molecule has 1 aliphatic rings. The van der Waals surface area contributed by atoms with Crippen molar-refractivity contribution in [3.63, 3.8) is 0 Å². The second kappa shape index (κ2) is 7.47. The smallest absolute Gasteiger partial charge is 0.284 e. The van der Waals surface area contributed by atoms with Crippen LogP contribution in [0.5, 0.6) is 0 Å². The molecule has 1 heterocycles. The number of likely N-dealkylation sites (N-methyl/N-ethyl adjacent to an activating group) is 1. The molecule has 0 bridgehead atoms. The lowest BCUT2D eigenvalue weighted by molar-refractivity contribution is -0.122. The first kappa shape index (κ1) is 18.4. The average Bonchev–Trinajstić information content (AvgIpc) is 2.90. The molecule has 1 fully saturated rings. The molecule has 26 heavy (non-hydrogen) atoms. The Kier molecular flexibility index (Phi) is 5.29. The van der Waals surface area contributed by atoms with Crippen LogP contribution in [-0.2, 0) is 14.8 Å².